The van der Waals surface area contributed by atoms with Crippen LogP contribution in [-0.2, 0) is 23.3 Å². The van der Waals surface area contributed by atoms with Crippen molar-refractivity contribution in [3.63, 3.8) is 0 Å². The van der Waals surface area contributed by atoms with Crippen LogP contribution in [0.25, 0.3) is 0 Å². The van der Waals surface area contributed by atoms with Gasteiger partial charge in [-0.2, -0.15) is 17.0 Å². The summed E-state index contributed by atoms with van der Waals surface area (Å²) in [5.41, 5.74) is 0. The first-order chi connectivity index (χ1) is 11.9. The Morgan fingerprint density at radius 3 is 2.52 bits per heavy atom. The van der Waals surface area contributed by atoms with Crippen LogP contribution >= 0.6 is 0 Å². The smallest absolute Gasteiger partial charge is 0.281 e. The minimum atomic E-state index is -3.34. The summed E-state index contributed by atoms with van der Waals surface area (Å²) >= 11 is 0. The van der Waals surface area contributed by atoms with Crippen LogP contribution in [0.2, 0.25) is 0 Å². The summed E-state index contributed by atoms with van der Waals surface area (Å²) in [5, 5.41) is 8.77. The third-order valence-electron chi connectivity index (χ3n) is 4.66. The minimum absolute atomic E-state index is 0.234. The maximum absolute atomic E-state index is 12.2. The lowest BCUT2D eigenvalue weighted by Gasteiger charge is -2.32. The summed E-state index contributed by atoms with van der Waals surface area (Å²) in [5.74, 6) is 2.09. The van der Waals surface area contributed by atoms with E-state index in [1.807, 2.05) is 10.8 Å². The summed E-state index contributed by atoms with van der Waals surface area (Å²) in [7, 11) is -0.203. The van der Waals surface area contributed by atoms with E-state index >= 15 is 0 Å². The fraction of sp³-hybridized carbons (Fsp3) is 0.667. The molecule has 0 spiro atoms. The summed E-state index contributed by atoms with van der Waals surface area (Å²) in [4.78, 5) is 4.06. The number of nitrogens with zero attached hydrogens (tertiary/aromatic N) is 7. The molecule has 1 aliphatic rings. The molecule has 0 saturated carbocycles. The van der Waals surface area contributed by atoms with Gasteiger partial charge in [-0.3, -0.25) is 0 Å². The van der Waals surface area contributed by atoms with E-state index in [0.717, 1.165) is 31.0 Å². The van der Waals surface area contributed by atoms with Crippen LogP contribution in [0.4, 0.5) is 0 Å². The number of piperidine rings is 1. The van der Waals surface area contributed by atoms with Gasteiger partial charge in [-0.15, -0.1) is 10.2 Å². The Bertz CT molecular complexity index is 790. The standard InChI is InChI=1S/C15H25N7O2S/c1-4-22-14(11-20-10-7-16-12-20)17-18-15(22)13-5-8-21(9-6-13)25(23,24)19(2)3/h7,10,12-13H,4-6,8-9,11H2,1-3H3. The van der Waals surface area contributed by atoms with Gasteiger partial charge in [0.05, 0.1) is 12.9 Å². The van der Waals surface area contributed by atoms with E-state index in [2.05, 4.69) is 26.7 Å². The van der Waals surface area contributed by atoms with Crippen molar-refractivity contribution in [1.82, 2.24) is 32.9 Å². The maximum atomic E-state index is 12.2. The molecule has 1 aliphatic heterocycles. The fourth-order valence-electron chi connectivity index (χ4n) is 3.23. The number of rotatable bonds is 6. The predicted molar refractivity (Wildman–Crippen MR) is 93.2 cm³/mol. The van der Waals surface area contributed by atoms with Gasteiger partial charge in [-0.1, -0.05) is 0 Å². The SMILES string of the molecule is CCn1c(Cn2ccnc2)nnc1C1CCN(S(=O)(=O)N(C)C)CC1. The fourth-order valence-corrected chi connectivity index (χ4v) is 4.37. The van der Waals surface area contributed by atoms with Crippen molar-refractivity contribution in [3.8, 4) is 0 Å². The summed E-state index contributed by atoms with van der Waals surface area (Å²) in [6, 6.07) is 0. The molecule has 25 heavy (non-hydrogen) atoms. The molecule has 10 heteroatoms. The van der Waals surface area contributed by atoms with Crippen LogP contribution in [0, 0.1) is 0 Å². The molecule has 1 fully saturated rings. The van der Waals surface area contributed by atoms with Crippen molar-refractivity contribution in [2.75, 3.05) is 27.2 Å². The Kier molecular flexibility index (Phi) is 5.21. The van der Waals surface area contributed by atoms with E-state index < -0.39 is 10.2 Å². The molecular formula is C15H25N7O2S. The molecular weight excluding hydrogens is 342 g/mol. The minimum Gasteiger partial charge on any atom is -0.330 e. The highest BCUT2D eigenvalue weighted by Crippen LogP contribution is 2.29. The number of imidazole rings is 1. The third kappa shape index (κ3) is 3.60. The van der Waals surface area contributed by atoms with Crippen molar-refractivity contribution in [1.29, 1.82) is 0 Å². The van der Waals surface area contributed by atoms with Crippen LogP contribution in [0.3, 0.4) is 0 Å². The first kappa shape index (κ1) is 18.0. The first-order valence-electron chi connectivity index (χ1n) is 8.48. The lowest BCUT2D eigenvalue weighted by atomic mass is 9.97. The Hall–Kier alpha value is -1.78. The number of aromatic nitrogens is 5. The van der Waals surface area contributed by atoms with Crippen LogP contribution in [0.15, 0.2) is 18.7 Å². The Morgan fingerprint density at radius 1 is 1.24 bits per heavy atom. The largest absolute Gasteiger partial charge is 0.330 e. The molecule has 9 nitrogen and oxygen atoms in total. The van der Waals surface area contributed by atoms with Gasteiger partial charge < -0.3 is 9.13 Å². The van der Waals surface area contributed by atoms with Crippen molar-refractivity contribution in [2.45, 2.75) is 38.8 Å². The molecule has 0 bridgehead atoms. The molecule has 0 unspecified atom stereocenters. The monoisotopic (exact) mass is 367 g/mol. The Balaban J connectivity index is 1.72. The highest BCUT2D eigenvalue weighted by molar-refractivity contribution is 7.86. The lowest BCUT2D eigenvalue weighted by molar-refractivity contribution is 0.294. The second kappa shape index (κ2) is 7.22. The molecule has 0 amide bonds. The molecule has 0 N–H and O–H groups in total. The zero-order valence-corrected chi connectivity index (χ0v) is 15.7. The summed E-state index contributed by atoms with van der Waals surface area (Å²) in [6.45, 7) is 4.53. The van der Waals surface area contributed by atoms with Gasteiger partial charge in [0.1, 0.15) is 5.82 Å². The van der Waals surface area contributed by atoms with Gasteiger partial charge in [0, 0.05) is 52.0 Å². The van der Waals surface area contributed by atoms with Crippen molar-refractivity contribution in [3.05, 3.63) is 30.4 Å². The van der Waals surface area contributed by atoms with E-state index in [0.29, 0.717) is 19.6 Å². The molecule has 138 valence electrons. The predicted octanol–water partition coefficient (Wildman–Crippen LogP) is 0.529. The van der Waals surface area contributed by atoms with Gasteiger partial charge >= 0.3 is 0 Å². The molecule has 3 heterocycles. The van der Waals surface area contributed by atoms with Gasteiger partial charge in [-0.05, 0) is 19.8 Å². The number of hydrogen-bond donors (Lipinski definition) is 0. The van der Waals surface area contributed by atoms with E-state index in [1.165, 1.54) is 4.31 Å². The zero-order chi connectivity index (χ0) is 18.0. The topological polar surface area (TPSA) is 89.1 Å². The summed E-state index contributed by atoms with van der Waals surface area (Å²) in [6.07, 6.45) is 6.93. The zero-order valence-electron chi connectivity index (χ0n) is 14.9. The lowest BCUT2D eigenvalue weighted by Crippen LogP contribution is -2.44. The average molecular weight is 367 g/mol. The first-order valence-corrected chi connectivity index (χ1v) is 9.88. The van der Waals surface area contributed by atoms with E-state index in [9.17, 15) is 8.42 Å². The normalized spacial score (nSPS) is 17.4. The Labute approximate surface area is 148 Å². The van der Waals surface area contributed by atoms with Gasteiger partial charge in [-0.25, -0.2) is 4.98 Å². The van der Waals surface area contributed by atoms with Crippen molar-refractivity contribution < 1.29 is 8.42 Å². The molecule has 2 aromatic rings. The van der Waals surface area contributed by atoms with Crippen LogP contribution in [-0.4, -0.2) is 68.5 Å². The second-order valence-electron chi connectivity index (χ2n) is 6.42. The average Bonchev–Trinajstić information content (AvgIpc) is 3.24. The van der Waals surface area contributed by atoms with Crippen LogP contribution in [0.1, 0.15) is 37.3 Å². The maximum Gasteiger partial charge on any atom is 0.281 e. The Morgan fingerprint density at radius 2 is 1.96 bits per heavy atom. The van der Waals surface area contributed by atoms with Gasteiger partial charge in [0.2, 0.25) is 0 Å². The molecule has 2 aromatic heterocycles. The van der Waals surface area contributed by atoms with Crippen LogP contribution in [0.5, 0.6) is 0 Å². The molecule has 0 radical (unpaired) electrons. The highest BCUT2D eigenvalue weighted by atomic mass is 32.2. The molecule has 0 aromatic carbocycles. The van der Waals surface area contributed by atoms with Gasteiger partial charge in [0.15, 0.2) is 5.82 Å². The van der Waals surface area contributed by atoms with Crippen molar-refractivity contribution >= 4 is 10.2 Å². The van der Waals surface area contributed by atoms with E-state index in [4.69, 9.17) is 0 Å². The third-order valence-corrected chi connectivity index (χ3v) is 6.60. The van der Waals surface area contributed by atoms with Crippen LogP contribution < -0.4 is 0 Å². The molecule has 1 saturated heterocycles. The summed E-state index contributed by atoms with van der Waals surface area (Å²) < 4.78 is 31.4. The van der Waals surface area contributed by atoms with E-state index in [-0.39, 0.29) is 5.92 Å². The van der Waals surface area contributed by atoms with Crippen molar-refractivity contribution in [2.24, 2.45) is 0 Å². The van der Waals surface area contributed by atoms with E-state index in [1.54, 1.807) is 30.9 Å². The molecule has 0 atom stereocenters. The second-order valence-corrected chi connectivity index (χ2v) is 8.56. The molecule has 3 rings (SSSR count). The quantitative estimate of drug-likeness (QED) is 0.743. The molecule has 0 aliphatic carbocycles. The van der Waals surface area contributed by atoms with Gasteiger partial charge in [0.25, 0.3) is 10.2 Å². The number of hydrogen-bond acceptors (Lipinski definition) is 5. The highest BCUT2D eigenvalue weighted by Gasteiger charge is 2.32.